The zero-order valence-corrected chi connectivity index (χ0v) is 12.1. The van der Waals surface area contributed by atoms with Crippen molar-refractivity contribution < 1.29 is 14.7 Å². The Morgan fingerprint density at radius 3 is 2.12 bits per heavy atom. The van der Waals surface area contributed by atoms with Crippen molar-refractivity contribution in [2.75, 3.05) is 0 Å². The Bertz CT molecular complexity index is 453. The molecule has 0 radical (unpaired) electrons. The van der Waals surface area contributed by atoms with E-state index < -0.39 is 16.6 Å². The highest BCUT2D eigenvalue weighted by Gasteiger charge is 2.24. The van der Waals surface area contributed by atoms with Gasteiger partial charge in [0.1, 0.15) is 0 Å². The molecule has 1 unspecified atom stereocenters. The second-order valence-corrected chi connectivity index (χ2v) is 5.53. The first-order valence-electron chi connectivity index (χ1n) is 4.37. The zero-order chi connectivity index (χ0) is 13.2. The van der Waals surface area contributed by atoms with E-state index in [1.165, 1.54) is 12.1 Å². The summed E-state index contributed by atoms with van der Waals surface area (Å²) in [4.78, 5) is 21.5. The van der Waals surface area contributed by atoms with Gasteiger partial charge in [0, 0.05) is 5.02 Å². The summed E-state index contributed by atoms with van der Waals surface area (Å²) in [5, 5.41) is 9.10. The molecule has 17 heavy (non-hydrogen) atoms. The van der Waals surface area contributed by atoms with Crippen molar-refractivity contribution in [2.24, 2.45) is 0 Å². The molecule has 0 aromatic heterocycles. The summed E-state index contributed by atoms with van der Waals surface area (Å²) >= 11 is 20.4. The third-order valence-electron chi connectivity index (χ3n) is 1.89. The fourth-order valence-corrected chi connectivity index (χ4v) is 2.69. The molecule has 0 bridgehead atoms. The van der Waals surface area contributed by atoms with Gasteiger partial charge >= 0.3 is 5.97 Å². The lowest BCUT2D eigenvalue weighted by Crippen LogP contribution is -2.19. The van der Waals surface area contributed by atoms with Crippen LogP contribution in [0.2, 0.25) is 15.1 Å². The van der Waals surface area contributed by atoms with Gasteiger partial charge in [0.25, 0.3) is 0 Å². The minimum Gasteiger partial charge on any atom is -0.481 e. The molecule has 92 valence electrons. The third kappa shape index (κ3) is 3.85. The summed E-state index contributed by atoms with van der Waals surface area (Å²) in [6.45, 7) is 0. The van der Waals surface area contributed by atoms with E-state index in [0.717, 1.165) is 0 Å². The monoisotopic (exact) mass is 358 g/mol. The van der Waals surface area contributed by atoms with Gasteiger partial charge in [-0.05, 0) is 12.1 Å². The molecule has 0 amide bonds. The highest BCUT2D eigenvalue weighted by Crippen LogP contribution is 2.31. The van der Waals surface area contributed by atoms with Gasteiger partial charge < -0.3 is 5.11 Å². The molecular formula is C10H6BrCl3O3. The van der Waals surface area contributed by atoms with Gasteiger partial charge in [-0.2, -0.15) is 0 Å². The van der Waals surface area contributed by atoms with Crippen LogP contribution < -0.4 is 0 Å². The van der Waals surface area contributed by atoms with Crippen LogP contribution in [0, 0.1) is 0 Å². The van der Waals surface area contributed by atoms with Crippen molar-refractivity contribution in [3.63, 3.8) is 0 Å². The minimum atomic E-state index is -1.10. The van der Waals surface area contributed by atoms with Gasteiger partial charge in [0.2, 0.25) is 0 Å². The van der Waals surface area contributed by atoms with Crippen molar-refractivity contribution >= 4 is 62.5 Å². The Morgan fingerprint density at radius 2 is 1.71 bits per heavy atom. The summed E-state index contributed by atoms with van der Waals surface area (Å²) in [5.41, 5.74) is 0.0702. The molecule has 0 aliphatic rings. The number of carbonyl (C=O) groups excluding carboxylic acids is 1. The van der Waals surface area contributed by atoms with Crippen molar-refractivity contribution in [1.29, 1.82) is 0 Å². The van der Waals surface area contributed by atoms with E-state index in [4.69, 9.17) is 39.9 Å². The number of carboxylic acid groups (broad SMARTS) is 1. The average Bonchev–Trinajstić information content (AvgIpc) is 2.14. The molecule has 1 aromatic rings. The fraction of sp³-hybridized carbons (Fsp3) is 0.200. The maximum absolute atomic E-state index is 11.9. The van der Waals surface area contributed by atoms with Crippen LogP contribution in [-0.2, 0) is 4.79 Å². The smallest absolute Gasteiger partial charge is 0.304 e. The van der Waals surface area contributed by atoms with E-state index in [1.54, 1.807) is 0 Å². The van der Waals surface area contributed by atoms with Crippen molar-refractivity contribution in [3.05, 3.63) is 32.8 Å². The van der Waals surface area contributed by atoms with E-state index in [2.05, 4.69) is 15.9 Å². The average molecular weight is 360 g/mol. The van der Waals surface area contributed by atoms with E-state index in [0.29, 0.717) is 5.02 Å². The number of hydrogen-bond donors (Lipinski definition) is 1. The van der Waals surface area contributed by atoms with Crippen LogP contribution in [0.4, 0.5) is 0 Å². The van der Waals surface area contributed by atoms with Gasteiger partial charge in [0.05, 0.1) is 26.9 Å². The first-order chi connectivity index (χ1) is 7.82. The highest BCUT2D eigenvalue weighted by molar-refractivity contribution is 9.10. The van der Waals surface area contributed by atoms with Crippen LogP contribution in [0.1, 0.15) is 16.8 Å². The number of carboxylic acids is 1. The lowest BCUT2D eigenvalue weighted by atomic mass is 10.1. The van der Waals surface area contributed by atoms with Crippen molar-refractivity contribution in [1.82, 2.24) is 0 Å². The molecule has 0 fully saturated rings. The first-order valence-corrected chi connectivity index (χ1v) is 6.42. The van der Waals surface area contributed by atoms with Gasteiger partial charge in [-0.1, -0.05) is 50.7 Å². The van der Waals surface area contributed by atoms with Crippen LogP contribution in [0.5, 0.6) is 0 Å². The van der Waals surface area contributed by atoms with E-state index in [9.17, 15) is 9.59 Å². The molecule has 0 heterocycles. The quantitative estimate of drug-likeness (QED) is 0.651. The number of hydrogen-bond acceptors (Lipinski definition) is 2. The molecule has 1 atom stereocenters. The number of aliphatic carboxylic acids is 1. The topological polar surface area (TPSA) is 54.4 Å². The normalized spacial score (nSPS) is 12.2. The van der Waals surface area contributed by atoms with Crippen molar-refractivity contribution in [2.45, 2.75) is 11.2 Å². The van der Waals surface area contributed by atoms with Gasteiger partial charge in [-0.25, -0.2) is 0 Å². The molecule has 1 N–H and O–H groups in total. The second kappa shape index (κ2) is 6.05. The summed E-state index contributed by atoms with van der Waals surface area (Å²) in [7, 11) is 0. The van der Waals surface area contributed by atoms with Crippen molar-refractivity contribution in [3.8, 4) is 0 Å². The standard InChI is InChI=1S/C10H6BrCl3O3/c11-5(3-8(15)16)10(17)9-6(13)1-4(12)2-7(9)14/h1-2,5H,3H2,(H,15,16). The Kier molecular flexibility index (Phi) is 5.25. The molecule has 1 rings (SSSR count). The van der Waals surface area contributed by atoms with E-state index in [-0.39, 0.29) is 22.0 Å². The molecule has 0 aliphatic heterocycles. The number of rotatable bonds is 4. The van der Waals surface area contributed by atoms with E-state index >= 15 is 0 Å². The number of ketones is 1. The Labute approximate surface area is 121 Å². The summed E-state index contributed by atoms with van der Waals surface area (Å²) in [5.74, 6) is -1.58. The third-order valence-corrected chi connectivity index (χ3v) is 3.45. The second-order valence-electron chi connectivity index (χ2n) is 3.17. The maximum atomic E-state index is 11.9. The van der Waals surface area contributed by atoms with Gasteiger partial charge in [0.15, 0.2) is 5.78 Å². The first kappa shape index (κ1) is 14.8. The number of carbonyl (C=O) groups is 2. The van der Waals surface area contributed by atoms with Crippen LogP contribution in [0.25, 0.3) is 0 Å². The summed E-state index contributed by atoms with van der Waals surface area (Å²) in [6, 6.07) is 2.76. The maximum Gasteiger partial charge on any atom is 0.304 e. The Balaban J connectivity index is 3.08. The lowest BCUT2D eigenvalue weighted by Gasteiger charge is -2.10. The number of halogens is 4. The summed E-state index contributed by atoms with van der Waals surface area (Å²) < 4.78 is 0. The molecule has 7 heteroatoms. The predicted molar refractivity (Wildman–Crippen MR) is 70.8 cm³/mol. The largest absolute Gasteiger partial charge is 0.481 e. The minimum absolute atomic E-state index is 0.0702. The zero-order valence-electron chi connectivity index (χ0n) is 8.21. The molecule has 0 spiro atoms. The molecular weight excluding hydrogens is 354 g/mol. The number of alkyl halides is 1. The predicted octanol–water partition coefficient (Wildman–Crippen LogP) is 4.07. The molecule has 0 saturated heterocycles. The van der Waals surface area contributed by atoms with Crippen LogP contribution in [0.3, 0.4) is 0 Å². The molecule has 1 aromatic carbocycles. The van der Waals surface area contributed by atoms with Crippen LogP contribution in [0.15, 0.2) is 12.1 Å². The van der Waals surface area contributed by atoms with Crippen LogP contribution >= 0.6 is 50.7 Å². The summed E-state index contributed by atoms with van der Waals surface area (Å²) in [6.07, 6.45) is -0.353. The fourth-order valence-electron chi connectivity index (χ4n) is 1.18. The lowest BCUT2D eigenvalue weighted by molar-refractivity contribution is -0.136. The van der Waals surface area contributed by atoms with Gasteiger partial charge in [-0.3, -0.25) is 9.59 Å². The molecule has 0 aliphatic carbocycles. The van der Waals surface area contributed by atoms with E-state index in [1.807, 2.05) is 0 Å². The highest BCUT2D eigenvalue weighted by atomic mass is 79.9. The Hall–Kier alpha value is -0.290. The van der Waals surface area contributed by atoms with Crippen LogP contribution in [-0.4, -0.2) is 21.7 Å². The molecule has 0 saturated carbocycles. The molecule has 3 nitrogen and oxygen atoms in total. The number of benzene rings is 1. The van der Waals surface area contributed by atoms with Gasteiger partial charge in [-0.15, -0.1) is 0 Å². The Morgan fingerprint density at radius 1 is 1.24 bits per heavy atom. The number of Topliss-reactive ketones (excluding diaryl/α,β-unsaturated/α-hetero) is 1. The SMILES string of the molecule is O=C(O)CC(Br)C(=O)c1c(Cl)cc(Cl)cc1Cl.